The number of amides is 1. The van der Waals surface area contributed by atoms with Gasteiger partial charge in [0.25, 0.3) is 0 Å². The molecule has 1 amide bonds. The fourth-order valence-corrected chi connectivity index (χ4v) is 5.07. The molecule has 2 aromatic carbocycles. The topological polar surface area (TPSA) is 95.5 Å². The molecular formula is C23H18F4N4O4S. The molecule has 0 radical (unpaired) electrons. The zero-order valence-corrected chi connectivity index (χ0v) is 19.7. The second-order valence-electron chi connectivity index (χ2n) is 8.14. The van der Waals surface area contributed by atoms with Crippen molar-refractivity contribution in [3.05, 3.63) is 41.3 Å². The molecule has 1 aliphatic heterocycles. The first-order valence-electron chi connectivity index (χ1n) is 10.7. The summed E-state index contributed by atoms with van der Waals surface area (Å²) in [5.41, 5.74) is 3.93. The predicted octanol–water partition coefficient (Wildman–Crippen LogP) is 4.95. The maximum absolute atomic E-state index is 14.8. The Balaban J connectivity index is 1.42. The number of aryl methyl sites for hydroxylation is 1. The lowest BCUT2D eigenvalue weighted by Crippen LogP contribution is -2.36. The molecule has 1 aliphatic rings. The smallest absolute Gasteiger partial charge is 0.422 e. The Morgan fingerprint density at radius 2 is 2.06 bits per heavy atom. The van der Waals surface area contributed by atoms with Crippen LogP contribution in [0.15, 0.2) is 24.4 Å². The minimum Gasteiger partial charge on any atom is -0.485 e. The highest BCUT2D eigenvalue weighted by atomic mass is 32.1. The molecule has 3 heterocycles. The van der Waals surface area contributed by atoms with Gasteiger partial charge in [-0.3, -0.25) is 0 Å². The van der Waals surface area contributed by atoms with Gasteiger partial charge in [-0.15, -0.1) is 11.3 Å². The second kappa shape index (κ2) is 9.04. The number of carbonyl (C=O) groups is 1. The van der Waals surface area contributed by atoms with Crippen LogP contribution in [0.3, 0.4) is 0 Å². The number of nitrogens with zero attached hydrogens (tertiary/aromatic N) is 3. The number of hydrogen-bond acceptors (Lipinski definition) is 8. The van der Waals surface area contributed by atoms with Crippen molar-refractivity contribution in [3.8, 4) is 22.2 Å². The maximum Gasteiger partial charge on any atom is 0.422 e. The number of nitrogens with one attached hydrogen (secondary N) is 1. The van der Waals surface area contributed by atoms with Gasteiger partial charge < -0.3 is 19.5 Å². The predicted molar refractivity (Wildman–Crippen MR) is 123 cm³/mol. The van der Waals surface area contributed by atoms with Gasteiger partial charge in [0, 0.05) is 23.6 Å². The first kappa shape index (κ1) is 24.0. The average molecular weight is 522 g/mol. The Morgan fingerprint density at radius 1 is 1.25 bits per heavy atom. The van der Waals surface area contributed by atoms with Gasteiger partial charge in [0.15, 0.2) is 18.2 Å². The number of carbonyl (C=O) groups excluding carboxylic acids is 1. The zero-order chi connectivity index (χ0) is 25.6. The molecule has 0 saturated carbocycles. The van der Waals surface area contributed by atoms with Crippen LogP contribution in [-0.4, -0.2) is 53.6 Å². The number of alkyl carbamates (subject to hydrolysis) is 1. The van der Waals surface area contributed by atoms with Gasteiger partial charge in [-0.25, -0.2) is 24.1 Å². The van der Waals surface area contributed by atoms with Gasteiger partial charge in [0.2, 0.25) is 5.88 Å². The summed E-state index contributed by atoms with van der Waals surface area (Å²) >= 11 is 1.34. The number of halogens is 4. The molecule has 0 spiro atoms. The fourth-order valence-electron chi connectivity index (χ4n) is 3.96. The monoisotopic (exact) mass is 522 g/mol. The van der Waals surface area contributed by atoms with E-state index in [0.717, 1.165) is 11.1 Å². The lowest BCUT2D eigenvalue weighted by molar-refractivity contribution is -0.160. The van der Waals surface area contributed by atoms with E-state index >= 15 is 0 Å². The van der Waals surface area contributed by atoms with Crippen LogP contribution in [0.2, 0.25) is 0 Å². The fraction of sp³-hybridized carbons (Fsp3) is 0.304. The van der Waals surface area contributed by atoms with E-state index in [-0.39, 0.29) is 18.7 Å². The third-order valence-corrected chi connectivity index (χ3v) is 6.61. The zero-order valence-electron chi connectivity index (χ0n) is 18.9. The average Bonchev–Trinajstić information content (AvgIpc) is 3.44. The van der Waals surface area contributed by atoms with Gasteiger partial charge in [-0.05, 0) is 24.6 Å². The Kier molecular flexibility index (Phi) is 6.02. The normalized spacial score (nSPS) is 15.1. The van der Waals surface area contributed by atoms with Crippen LogP contribution in [0.25, 0.3) is 31.8 Å². The van der Waals surface area contributed by atoms with Crippen molar-refractivity contribution in [2.75, 3.05) is 20.3 Å². The van der Waals surface area contributed by atoms with Crippen LogP contribution in [0.1, 0.15) is 11.1 Å². The summed E-state index contributed by atoms with van der Waals surface area (Å²) in [6.45, 7) is 0.0616. The van der Waals surface area contributed by atoms with Crippen LogP contribution >= 0.6 is 11.3 Å². The molecule has 2 aromatic heterocycles. The summed E-state index contributed by atoms with van der Waals surface area (Å²) in [4.78, 5) is 25.1. The summed E-state index contributed by atoms with van der Waals surface area (Å²) < 4.78 is 67.1. The number of ether oxygens (including phenoxy) is 3. The number of fused-ring (bicyclic) bond motifs is 4. The molecule has 0 saturated heterocycles. The van der Waals surface area contributed by atoms with E-state index in [9.17, 15) is 22.4 Å². The van der Waals surface area contributed by atoms with Crippen molar-refractivity contribution in [2.45, 2.75) is 25.6 Å². The standard InChI is InChI=1S/C23H18F4N4O4S/c1-10-3-12(18-15(4-10)30-17(33-2)8-28-18)21-31-16-6-14(24)19-13(20(16)36-21)5-11(35-19)7-29-22(32)34-9-23(25,26)27/h3-4,6,8,11H,5,7,9H2,1-2H3,(H,29,32)/t11-/m0/s1. The molecule has 36 heavy (non-hydrogen) atoms. The highest BCUT2D eigenvalue weighted by Gasteiger charge is 2.32. The molecule has 13 heteroatoms. The van der Waals surface area contributed by atoms with Gasteiger partial charge in [-0.2, -0.15) is 13.2 Å². The number of benzene rings is 2. The lowest BCUT2D eigenvalue weighted by Gasteiger charge is -2.13. The number of aromatic nitrogens is 3. The largest absolute Gasteiger partial charge is 0.485 e. The molecule has 5 rings (SSSR count). The minimum atomic E-state index is -4.63. The Hall–Kier alpha value is -3.74. The number of alkyl halides is 3. The molecule has 0 fully saturated rings. The molecule has 1 N–H and O–H groups in total. The van der Waals surface area contributed by atoms with Gasteiger partial charge in [0.05, 0.1) is 41.1 Å². The SMILES string of the molecule is COc1cnc2c(-c3nc4cc(F)c5c(c4s3)C[C@@H](CNC(=O)OCC(F)(F)F)O5)cc(C)cc2n1. The van der Waals surface area contributed by atoms with E-state index in [2.05, 4.69) is 25.0 Å². The van der Waals surface area contributed by atoms with Crippen molar-refractivity contribution in [1.29, 1.82) is 0 Å². The van der Waals surface area contributed by atoms with E-state index in [1.807, 2.05) is 19.1 Å². The van der Waals surface area contributed by atoms with Crippen molar-refractivity contribution < 1.29 is 36.6 Å². The summed E-state index contributed by atoms with van der Waals surface area (Å²) in [5, 5.41) is 2.83. The van der Waals surface area contributed by atoms with Crippen LogP contribution < -0.4 is 14.8 Å². The molecule has 1 atom stereocenters. The first-order valence-corrected chi connectivity index (χ1v) is 11.5. The molecule has 8 nitrogen and oxygen atoms in total. The third-order valence-electron chi connectivity index (χ3n) is 5.45. The van der Waals surface area contributed by atoms with Crippen LogP contribution in [0.5, 0.6) is 11.6 Å². The number of thiazole rings is 1. The summed E-state index contributed by atoms with van der Waals surface area (Å²) in [6, 6.07) is 5.08. The van der Waals surface area contributed by atoms with Crippen molar-refractivity contribution in [1.82, 2.24) is 20.3 Å². The minimum absolute atomic E-state index is 0.0341. The number of hydrogen-bond donors (Lipinski definition) is 1. The van der Waals surface area contributed by atoms with Gasteiger partial charge in [-0.1, -0.05) is 0 Å². The molecule has 0 bridgehead atoms. The van der Waals surface area contributed by atoms with Crippen molar-refractivity contribution >= 4 is 38.7 Å². The highest BCUT2D eigenvalue weighted by Crippen LogP contribution is 2.43. The molecule has 4 aromatic rings. The van der Waals surface area contributed by atoms with Crippen molar-refractivity contribution in [3.63, 3.8) is 0 Å². The van der Waals surface area contributed by atoms with Gasteiger partial charge in [0.1, 0.15) is 11.1 Å². The number of rotatable bonds is 5. The Bertz CT molecular complexity index is 1490. The van der Waals surface area contributed by atoms with Crippen molar-refractivity contribution in [2.24, 2.45) is 0 Å². The van der Waals surface area contributed by atoms with Crippen LogP contribution in [-0.2, 0) is 11.2 Å². The molecular weight excluding hydrogens is 504 g/mol. The molecule has 0 aliphatic carbocycles. The molecule has 0 unspecified atom stereocenters. The second-order valence-corrected chi connectivity index (χ2v) is 9.14. The summed E-state index contributed by atoms with van der Waals surface area (Å²) in [5.74, 6) is -0.204. The van der Waals surface area contributed by atoms with Crippen LogP contribution in [0, 0.1) is 12.7 Å². The Morgan fingerprint density at radius 3 is 2.81 bits per heavy atom. The third kappa shape index (κ3) is 4.70. The van der Waals surface area contributed by atoms with Gasteiger partial charge >= 0.3 is 12.3 Å². The summed E-state index contributed by atoms with van der Waals surface area (Å²) in [6.07, 6.45) is -4.80. The van der Waals surface area contributed by atoms with Crippen LogP contribution in [0.4, 0.5) is 22.4 Å². The van der Waals surface area contributed by atoms with E-state index in [4.69, 9.17) is 9.47 Å². The quantitative estimate of drug-likeness (QED) is 0.371. The lowest BCUT2D eigenvalue weighted by atomic mass is 10.1. The molecule has 188 valence electrons. The van der Waals surface area contributed by atoms with E-state index in [1.165, 1.54) is 30.7 Å². The first-order chi connectivity index (χ1) is 17.1. The highest BCUT2D eigenvalue weighted by molar-refractivity contribution is 7.22. The number of methoxy groups -OCH3 is 1. The van der Waals surface area contributed by atoms with E-state index in [0.29, 0.717) is 37.7 Å². The maximum atomic E-state index is 14.8. The van der Waals surface area contributed by atoms with E-state index < -0.39 is 30.8 Å². The summed E-state index contributed by atoms with van der Waals surface area (Å²) in [7, 11) is 1.51. The Labute approximate surface area is 205 Å². The van der Waals surface area contributed by atoms with E-state index in [1.54, 1.807) is 0 Å².